The highest BCUT2D eigenvalue weighted by atomic mass is 31.1. The van der Waals surface area contributed by atoms with Crippen molar-refractivity contribution in [2.75, 3.05) is 6.66 Å². The van der Waals surface area contributed by atoms with Crippen LogP contribution in [0.2, 0.25) is 0 Å². The zero-order valence-corrected chi connectivity index (χ0v) is 12.6. The Balaban J connectivity index is 2.53. The molecule has 2 unspecified atom stereocenters. The van der Waals surface area contributed by atoms with Crippen LogP contribution in [0, 0.1) is 5.41 Å². The molecular formula is C15H31P. The Bertz CT molecular complexity index is 168. The molecule has 0 aromatic heterocycles. The lowest BCUT2D eigenvalue weighted by atomic mass is 9.68. The van der Waals surface area contributed by atoms with Crippen LogP contribution in [0.5, 0.6) is 0 Å². The van der Waals surface area contributed by atoms with Crippen LogP contribution in [0.15, 0.2) is 0 Å². The number of rotatable bonds is 7. The zero-order valence-electron chi connectivity index (χ0n) is 11.6. The summed E-state index contributed by atoms with van der Waals surface area (Å²) in [5, 5.41) is 0. The Kier molecular flexibility index (Phi) is 6.97. The van der Waals surface area contributed by atoms with Crippen LogP contribution in [0.25, 0.3) is 0 Å². The van der Waals surface area contributed by atoms with Crippen LogP contribution in [0.4, 0.5) is 0 Å². The first kappa shape index (κ1) is 14.5. The predicted molar refractivity (Wildman–Crippen MR) is 78.0 cm³/mol. The normalized spacial score (nSPS) is 25.3. The first-order chi connectivity index (χ1) is 7.76. The Morgan fingerprint density at radius 2 is 1.75 bits per heavy atom. The van der Waals surface area contributed by atoms with E-state index in [4.69, 9.17) is 0 Å². The smallest absolute Gasteiger partial charge is 0.0234 e. The molecule has 0 aliphatic heterocycles. The molecule has 0 bridgehead atoms. The molecular weight excluding hydrogens is 211 g/mol. The molecule has 0 aromatic carbocycles. The maximum atomic E-state index is 2.42. The van der Waals surface area contributed by atoms with Crippen molar-refractivity contribution in [1.82, 2.24) is 0 Å². The Labute approximate surface area is 105 Å². The van der Waals surface area contributed by atoms with Gasteiger partial charge in [-0.25, -0.2) is 0 Å². The van der Waals surface area contributed by atoms with Crippen LogP contribution in [0.3, 0.4) is 0 Å². The summed E-state index contributed by atoms with van der Waals surface area (Å²) in [5.74, 6) is 0. The average Bonchev–Trinajstić information content (AvgIpc) is 2.34. The zero-order chi connectivity index (χ0) is 11.9. The Morgan fingerprint density at radius 3 is 2.25 bits per heavy atom. The monoisotopic (exact) mass is 242 g/mol. The third-order valence-electron chi connectivity index (χ3n) is 4.47. The highest BCUT2D eigenvalue weighted by molar-refractivity contribution is 7.37. The molecule has 1 saturated carbocycles. The van der Waals surface area contributed by atoms with Gasteiger partial charge in [0, 0.05) is 0 Å². The van der Waals surface area contributed by atoms with Crippen molar-refractivity contribution in [3.05, 3.63) is 0 Å². The fraction of sp³-hybridized carbons (Fsp3) is 1.00. The predicted octanol–water partition coefficient (Wildman–Crippen LogP) is 5.60. The lowest BCUT2D eigenvalue weighted by molar-refractivity contribution is 0.152. The van der Waals surface area contributed by atoms with E-state index in [1.807, 2.05) is 0 Å². The van der Waals surface area contributed by atoms with Crippen LogP contribution in [0.1, 0.15) is 78.1 Å². The fourth-order valence-corrected chi connectivity index (χ4v) is 4.51. The number of hydrogen-bond acceptors (Lipinski definition) is 0. The third kappa shape index (κ3) is 4.36. The molecule has 1 aliphatic carbocycles. The molecule has 0 N–H and O–H groups in total. The van der Waals surface area contributed by atoms with Crippen molar-refractivity contribution in [3.8, 4) is 0 Å². The molecule has 1 heteroatoms. The van der Waals surface area contributed by atoms with Gasteiger partial charge in [-0.05, 0) is 49.8 Å². The molecule has 1 fully saturated rings. The molecule has 1 rings (SSSR count). The van der Waals surface area contributed by atoms with Crippen LogP contribution in [-0.4, -0.2) is 12.3 Å². The number of hydrogen-bond donors (Lipinski definition) is 0. The van der Waals surface area contributed by atoms with Gasteiger partial charge in [-0.15, -0.1) is 8.58 Å². The first-order valence-electron chi connectivity index (χ1n) is 7.43. The Morgan fingerprint density at radius 1 is 1.12 bits per heavy atom. The van der Waals surface area contributed by atoms with Gasteiger partial charge in [0.1, 0.15) is 0 Å². The molecule has 1 aliphatic rings. The van der Waals surface area contributed by atoms with E-state index in [9.17, 15) is 0 Å². The van der Waals surface area contributed by atoms with E-state index in [1.165, 1.54) is 66.4 Å². The van der Waals surface area contributed by atoms with Gasteiger partial charge in [-0.1, -0.05) is 46.0 Å². The van der Waals surface area contributed by atoms with Crippen molar-refractivity contribution in [2.45, 2.75) is 83.7 Å². The first-order valence-corrected chi connectivity index (χ1v) is 9.01. The van der Waals surface area contributed by atoms with Gasteiger partial charge < -0.3 is 0 Å². The molecule has 0 saturated heterocycles. The standard InChI is InChI=1S/C15H31P/c1-4-6-10-15(11-7-5-2)12-8-9-14(13-15)16-3/h14,16H,4-13H2,1-3H3. The number of unbranched alkanes of at least 4 members (excludes halogenated alkanes) is 2. The summed E-state index contributed by atoms with van der Waals surface area (Å²) in [6, 6.07) is 0. The third-order valence-corrected chi connectivity index (χ3v) is 5.78. The summed E-state index contributed by atoms with van der Waals surface area (Å²) in [5.41, 5.74) is 1.83. The van der Waals surface area contributed by atoms with Crippen molar-refractivity contribution in [1.29, 1.82) is 0 Å². The van der Waals surface area contributed by atoms with E-state index in [-0.39, 0.29) is 0 Å². The van der Waals surface area contributed by atoms with Gasteiger partial charge in [0.2, 0.25) is 0 Å². The van der Waals surface area contributed by atoms with Gasteiger partial charge in [0.25, 0.3) is 0 Å². The van der Waals surface area contributed by atoms with Crippen LogP contribution in [-0.2, 0) is 0 Å². The second-order valence-electron chi connectivity index (χ2n) is 5.79. The highest BCUT2D eigenvalue weighted by Crippen LogP contribution is 2.48. The lowest BCUT2D eigenvalue weighted by Gasteiger charge is -2.41. The van der Waals surface area contributed by atoms with E-state index in [0.29, 0.717) is 0 Å². The quantitative estimate of drug-likeness (QED) is 0.509. The summed E-state index contributed by atoms with van der Waals surface area (Å²) in [6.07, 6.45) is 14.9. The largest absolute Gasteiger partial charge is 0.122 e. The molecule has 0 spiro atoms. The molecule has 0 nitrogen and oxygen atoms in total. The molecule has 0 amide bonds. The molecule has 16 heavy (non-hydrogen) atoms. The summed E-state index contributed by atoms with van der Waals surface area (Å²) in [4.78, 5) is 0. The van der Waals surface area contributed by atoms with Crippen LogP contribution < -0.4 is 0 Å². The second kappa shape index (κ2) is 7.70. The molecule has 0 heterocycles. The van der Waals surface area contributed by atoms with Crippen molar-refractivity contribution in [3.63, 3.8) is 0 Å². The fourth-order valence-electron chi connectivity index (χ4n) is 3.38. The van der Waals surface area contributed by atoms with E-state index >= 15 is 0 Å². The maximum Gasteiger partial charge on any atom is -0.0234 e. The topological polar surface area (TPSA) is 0 Å². The highest BCUT2D eigenvalue weighted by Gasteiger charge is 2.34. The van der Waals surface area contributed by atoms with Crippen molar-refractivity contribution >= 4 is 8.58 Å². The average molecular weight is 242 g/mol. The van der Waals surface area contributed by atoms with Crippen molar-refractivity contribution in [2.24, 2.45) is 5.41 Å². The summed E-state index contributed by atoms with van der Waals surface area (Å²) in [6.45, 7) is 7.10. The molecule has 0 aromatic rings. The van der Waals surface area contributed by atoms with Crippen molar-refractivity contribution < 1.29 is 0 Å². The lowest BCUT2D eigenvalue weighted by Crippen LogP contribution is -2.29. The SMILES string of the molecule is CCCCC1(CCCC)CCCC(PC)C1. The molecule has 0 radical (unpaired) electrons. The molecule has 96 valence electrons. The van der Waals surface area contributed by atoms with E-state index in [2.05, 4.69) is 20.5 Å². The summed E-state index contributed by atoms with van der Waals surface area (Å²) >= 11 is 0. The van der Waals surface area contributed by atoms with E-state index < -0.39 is 0 Å². The summed E-state index contributed by atoms with van der Waals surface area (Å²) in [7, 11) is 1.18. The van der Waals surface area contributed by atoms with Gasteiger partial charge in [0.05, 0.1) is 0 Å². The van der Waals surface area contributed by atoms with Gasteiger partial charge in [0.15, 0.2) is 0 Å². The second-order valence-corrected chi connectivity index (χ2v) is 7.18. The maximum absolute atomic E-state index is 2.42. The minimum atomic E-state index is 0.762. The molecule has 2 atom stereocenters. The van der Waals surface area contributed by atoms with Gasteiger partial charge in [-0.3, -0.25) is 0 Å². The van der Waals surface area contributed by atoms with Gasteiger partial charge in [-0.2, -0.15) is 0 Å². The van der Waals surface area contributed by atoms with E-state index in [0.717, 1.165) is 11.1 Å². The minimum Gasteiger partial charge on any atom is -0.122 e. The van der Waals surface area contributed by atoms with Gasteiger partial charge >= 0.3 is 0 Å². The summed E-state index contributed by atoms with van der Waals surface area (Å²) < 4.78 is 0. The Hall–Kier alpha value is 0.430. The van der Waals surface area contributed by atoms with Crippen LogP contribution >= 0.6 is 8.58 Å². The van der Waals surface area contributed by atoms with E-state index in [1.54, 1.807) is 6.42 Å². The minimum absolute atomic E-state index is 0.762.